The van der Waals surface area contributed by atoms with Crippen molar-refractivity contribution in [1.29, 1.82) is 0 Å². The first-order valence-electron chi connectivity index (χ1n) is 6.69. The minimum Gasteiger partial charge on any atom is -0.399 e. The lowest BCUT2D eigenvalue weighted by molar-refractivity contribution is -0.121. The smallest absolute Gasteiger partial charge is 0.247 e. The number of hydrogen-bond acceptors (Lipinski definition) is 4. The normalized spacial score (nSPS) is 18.0. The molecule has 3 rings (SSSR count). The number of nitrogens with two attached hydrogens (primary N) is 1. The van der Waals surface area contributed by atoms with E-state index < -0.39 is 5.25 Å². The van der Waals surface area contributed by atoms with E-state index in [0.717, 1.165) is 4.90 Å². The van der Waals surface area contributed by atoms with Crippen LogP contribution in [-0.4, -0.2) is 17.1 Å². The van der Waals surface area contributed by atoms with Gasteiger partial charge in [0.25, 0.3) is 0 Å². The van der Waals surface area contributed by atoms with Gasteiger partial charge in [-0.25, -0.2) is 4.90 Å². The van der Waals surface area contributed by atoms with Crippen LogP contribution in [-0.2, 0) is 9.59 Å². The zero-order valence-corrected chi connectivity index (χ0v) is 13.1. The summed E-state index contributed by atoms with van der Waals surface area (Å²) in [7, 11) is 0. The Morgan fingerprint density at radius 3 is 2.64 bits per heavy atom. The third-order valence-corrected chi connectivity index (χ3v) is 4.72. The fourth-order valence-corrected chi connectivity index (χ4v) is 3.64. The largest absolute Gasteiger partial charge is 0.399 e. The number of amides is 2. The maximum absolute atomic E-state index is 12.5. The number of rotatable bonds is 3. The highest BCUT2D eigenvalue weighted by Gasteiger charge is 2.40. The predicted molar refractivity (Wildman–Crippen MR) is 89.1 cm³/mol. The number of benzene rings is 2. The Kier molecular flexibility index (Phi) is 4.09. The molecule has 2 amide bonds. The van der Waals surface area contributed by atoms with Gasteiger partial charge in [-0.3, -0.25) is 9.59 Å². The zero-order chi connectivity index (χ0) is 15.7. The average molecular weight is 333 g/mol. The Morgan fingerprint density at radius 2 is 1.91 bits per heavy atom. The summed E-state index contributed by atoms with van der Waals surface area (Å²) in [5.74, 6) is -0.437. The number of anilines is 2. The van der Waals surface area contributed by atoms with E-state index in [0.29, 0.717) is 16.4 Å². The lowest BCUT2D eigenvalue weighted by Gasteiger charge is -2.15. The predicted octanol–water partition coefficient (Wildman–Crippen LogP) is 3.35. The van der Waals surface area contributed by atoms with Gasteiger partial charge < -0.3 is 5.73 Å². The van der Waals surface area contributed by atoms with Crippen LogP contribution in [0, 0.1) is 0 Å². The molecular formula is C16H13ClN2O2S. The van der Waals surface area contributed by atoms with Crippen LogP contribution in [0.2, 0.25) is 5.02 Å². The van der Waals surface area contributed by atoms with Crippen molar-refractivity contribution in [2.45, 2.75) is 16.6 Å². The molecule has 0 aromatic heterocycles. The second-order valence-corrected chi connectivity index (χ2v) is 6.64. The average Bonchev–Trinajstić information content (AvgIpc) is 2.73. The van der Waals surface area contributed by atoms with Gasteiger partial charge in [0, 0.05) is 22.0 Å². The summed E-state index contributed by atoms with van der Waals surface area (Å²) in [5.41, 5.74) is 6.88. The van der Waals surface area contributed by atoms with Crippen molar-refractivity contribution in [2.24, 2.45) is 0 Å². The van der Waals surface area contributed by atoms with Crippen molar-refractivity contribution in [3.8, 4) is 0 Å². The number of halogens is 1. The molecule has 0 radical (unpaired) electrons. The van der Waals surface area contributed by atoms with E-state index >= 15 is 0 Å². The Labute approximate surface area is 137 Å². The van der Waals surface area contributed by atoms with Crippen molar-refractivity contribution in [3.05, 3.63) is 53.6 Å². The summed E-state index contributed by atoms with van der Waals surface area (Å²) in [6.45, 7) is 0. The van der Waals surface area contributed by atoms with Crippen molar-refractivity contribution < 1.29 is 9.59 Å². The quantitative estimate of drug-likeness (QED) is 0.691. The van der Waals surface area contributed by atoms with E-state index in [1.165, 1.54) is 16.7 Å². The third-order valence-electron chi connectivity index (χ3n) is 3.31. The van der Waals surface area contributed by atoms with E-state index in [1.807, 2.05) is 12.1 Å². The number of hydrogen-bond donors (Lipinski definition) is 1. The second-order valence-electron chi connectivity index (χ2n) is 4.93. The van der Waals surface area contributed by atoms with Crippen molar-refractivity contribution in [3.63, 3.8) is 0 Å². The molecule has 0 bridgehead atoms. The Hall–Kier alpha value is -1.98. The van der Waals surface area contributed by atoms with Gasteiger partial charge in [-0.15, -0.1) is 11.8 Å². The molecule has 6 heteroatoms. The van der Waals surface area contributed by atoms with Crippen LogP contribution in [0.15, 0.2) is 53.4 Å². The molecule has 1 heterocycles. The third kappa shape index (κ3) is 2.96. The standard InChI is InChI=1S/C16H13ClN2O2S/c17-10-3-1-5-12(7-10)19-15(20)9-14(16(19)21)22-13-6-2-4-11(18)8-13/h1-8,14H,9,18H2/t14-/m1/s1. The molecule has 1 aliphatic heterocycles. The van der Waals surface area contributed by atoms with Gasteiger partial charge >= 0.3 is 0 Å². The minimum atomic E-state index is -0.437. The van der Waals surface area contributed by atoms with Crippen LogP contribution in [0.3, 0.4) is 0 Å². The molecule has 2 N–H and O–H groups in total. The molecule has 0 unspecified atom stereocenters. The molecule has 112 valence electrons. The number of thioether (sulfide) groups is 1. The van der Waals surface area contributed by atoms with Gasteiger partial charge in [0.1, 0.15) is 0 Å². The van der Waals surface area contributed by atoms with Gasteiger partial charge in [0.15, 0.2) is 0 Å². The SMILES string of the molecule is Nc1cccc(S[C@@H]2CC(=O)N(c3cccc(Cl)c3)C2=O)c1. The van der Waals surface area contributed by atoms with Crippen LogP contribution >= 0.6 is 23.4 Å². The number of carbonyl (C=O) groups is 2. The van der Waals surface area contributed by atoms with Crippen LogP contribution in [0.5, 0.6) is 0 Å². The van der Waals surface area contributed by atoms with E-state index in [9.17, 15) is 9.59 Å². The van der Waals surface area contributed by atoms with E-state index in [1.54, 1.807) is 36.4 Å². The number of nitrogen functional groups attached to an aromatic ring is 1. The number of nitrogens with zero attached hydrogens (tertiary/aromatic N) is 1. The molecule has 0 spiro atoms. The monoisotopic (exact) mass is 332 g/mol. The van der Waals surface area contributed by atoms with Crippen molar-refractivity contribution in [1.82, 2.24) is 0 Å². The highest BCUT2D eigenvalue weighted by Crippen LogP contribution is 2.35. The van der Waals surface area contributed by atoms with Crippen LogP contribution in [0.4, 0.5) is 11.4 Å². The van der Waals surface area contributed by atoms with Crippen LogP contribution < -0.4 is 10.6 Å². The summed E-state index contributed by atoms with van der Waals surface area (Å²) in [6, 6.07) is 14.0. The van der Waals surface area contributed by atoms with Gasteiger partial charge in [0.2, 0.25) is 11.8 Å². The Morgan fingerprint density at radius 1 is 1.14 bits per heavy atom. The maximum Gasteiger partial charge on any atom is 0.247 e. The molecule has 1 fully saturated rings. The summed E-state index contributed by atoms with van der Waals surface area (Å²) < 4.78 is 0. The zero-order valence-electron chi connectivity index (χ0n) is 11.5. The van der Waals surface area contributed by atoms with Gasteiger partial charge in [-0.2, -0.15) is 0 Å². The molecule has 22 heavy (non-hydrogen) atoms. The Bertz CT molecular complexity index is 750. The van der Waals surface area contributed by atoms with E-state index in [-0.39, 0.29) is 18.2 Å². The van der Waals surface area contributed by atoms with E-state index in [2.05, 4.69) is 0 Å². The molecule has 0 aliphatic carbocycles. The fraction of sp³-hybridized carbons (Fsp3) is 0.125. The highest BCUT2D eigenvalue weighted by atomic mass is 35.5. The summed E-state index contributed by atoms with van der Waals surface area (Å²) >= 11 is 7.29. The first-order valence-corrected chi connectivity index (χ1v) is 7.95. The lowest BCUT2D eigenvalue weighted by atomic mass is 10.3. The fourth-order valence-electron chi connectivity index (χ4n) is 2.33. The van der Waals surface area contributed by atoms with Gasteiger partial charge in [-0.05, 0) is 36.4 Å². The van der Waals surface area contributed by atoms with Crippen molar-refractivity contribution >= 4 is 46.6 Å². The van der Waals surface area contributed by atoms with Gasteiger partial charge in [0.05, 0.1) is 10.9 Å². The van der Waals surface area contributed by atoms with Crippen molar-refractivity contribution in [2.75, 3.05) is 10.6 Å². The molecule has 2 aromatic rings. The molecule has 4 nitrogen and oxygen atoms in total. The molecule has 1 atom stereocenters. The Balaban J connectivity index is 1.82. The topological polar surface area (TPSA) is 63.4 Å². The second kappa shape index (κ2) is 6.02. The maximum atomic E-state index is 12.5. The lowest BCUT2D eigenvalue weighted by Crippen LogP contribution is -2.31. The highest BCUT2D eigenvalue weighted by molar-refractivity contribution is 8.00. The van der Waals surface area contributed by atoms with Crippen LogP contribution in [0.25, 0.3) is 0 Å². The van der Waals surface area contributed by atoms with Crippen LogP contribution in [0.1, 0.15) is 6.42 Å². The minimum absolute atomic E-state index is 0.171. The molecule has 2 aromatic carbocycles. The number of imide groups is 1. The first-order chi connectivity index (χ1) is 10.5. The first kappa shape index (κ1) is 14.9. The summed E-state index contributed by atoms with van der Waals surface area (Å²) in [4.78, 5) is 26.8. The molecule has 1 saturated heterocycles. The number of carbonyl (C=O) groups excluding carboxylic acids is 2. The molecule has 1 aliphatic rings. The van der Waals surface area contributed by atoms with Gasteiger partial charge in [-0.1, -0.05) is 23.7 Å². The van der Waals surface area contributed by atoms with E-state index in [4.69, 9.17) is 17.3 Å². The molecule has 0 saturated carbocycles. The summed E-state index contributed by atoms with van der Waals surface area (Å²) in [5, 5.41) is 0.0540. The molecular weight excluding hydrogens is 320 g/mol. The summed E-state index contributed by atoms with van der Waals surface area (Å²) in [6.07, 6.45) is 0.171.